The molecule has 2 saturated heterocycles. The van der Waals surface area contributed by atoms with Crippen molar-refractivity contribution in [3.05, 3.63) is 0 Å². The van der Waals surface area contributed by atoms with Gasteiger partial charge in [0.05, 0.1) is 13.2 Å². The molecule has 0 amide bonds. The van der Waals surface area contributed by atoms with Crippen molar-refractivity contribution in [2.75, 3.05) is 13.2 Å². The lowest BCUT2D eigenvalue weighted by Gasteiger charge is -2.14. The van der Waals surface area contributed by atoms with E-state index in [0.717, 1.165) is 0 Å². The Morgan fingerprint density at radius 3 is 2.77 bits per heavy atom. The number of esters is 1. The van der Waals surface area contributed by atoms with E-state index < -0.39 is 6.10 Å². The molecule has 0 aliphatic carbocycles. The van der Waals surface area contributed by atoms with Gasteiger partial charge in [-0.25, -0.2) is 0 Å². The zero-order chi connectivity index (χ0) is 9.42. The number of hydrogen-bond acceptors (Lipinski definition) is 5. The SMILES string of the molecule is CC(=O)O[C@@H]1CO[C@H]2[C@@H]1OC[C@@H]2O. The lowest BCUT2D eigenvalue weighted by molar-refractivity contribution is -0.151. The summed E-state index contributed by atoms with van der Waals surface area (Å²) >= 11 is 0. The minimum absolute atomic E-state index is 0.257. The summed E-state index contributed by atoms with van der Waals surface area (Å²) in [7, 11) is 0. The quantitative estimate of drug-likeness (QED) is 0.539. The van der Waals surface area contributed by atoms with Crippen LogP contribution in [-0.4, -0.2) is 48.7 Å². The molecule has 0 radical (unpaired) electrons. The summed E-state index contributed by atoms with van der Waals surface area (Å²) in [4.78, 5) is 10.7. The van der Waals surface area contributed by atoms with E-state index in [9.17, 15) is 9.90 Å². The summed E-state index contributed by atoms with van der Waals surface area (Å²) in [5.74, 6) is -0.348. The van der Waals surface area contributed by atoms with Crippen molar-refractivity contribution < 1.29 is 24.1 Å². The van der Waals surface area contributed by atoms with Crippen molar-refractivity contribution in [3.8, 4) is 0 Å². The molecule has 2 rings (SSSR count). The van der Waals surface area contributed by atoms with Gasteiger partial charge in [-0.2, -0.15) is 0 Å². The van der Waals surface area contributed by atoms with E-state index in [1.807, 2.05) is 0 Å². The number of aliphatic hydroxyl groups excluding tert-OH is 1. The maximum atomic E-state index is 10.7. The molecule has 4 atom stereocenters. The van der Waals surface area contributed by atoms with Gasteiger partial charge < -0.3 is 19.3 Å². The first-order valence-electron chi connectivity index (χ1n) is 4.27. The van der Waals surface area contributed by atoms with E-state index in [4.69, 9.17) is 14.2 Å². The third kappa shape index (κ3) is 1.54. The van der Waals surface area contributed by atoms with Crippen LogP contribution in [0.4, 0.5) is 0 Å². The standard InChI is InChI=1S/C8H12O5/c1-4(9)13-6-3-12-7-5(10)2-11-8(6)7/h5-8,10H,2-3H2,1H3/t5-,6+,7+,8+/m0/s1. The molecule has 74 valence electrons. The molecular weight excluding hydrogens is 176 g/mol. The van der Waals surface area contributed by atoms with Crippen LogP contribution in [0.25, 0.3) is 0 Å². The van der Waals surface area contributed by atoms with Crippen molar-refractivity contribution in [2.24, 2.45) is 0 Å². The lowest BCUT2D eigenvalue weighted by atomic mass is 10.1. The topological polar surface area (TPSA) is 65.0 Å². The number of hydrogen-bond donors (Lipinski definition) is 1. The normalized spacial score (nSPS) is 43.2. The van der Waals surface area contributed by atoms with E-state index in [1.165, 1.54) is 6.92 Å². The molecule has 0 unspecified atom stereocenters. The average molecular weight is 188 g/mol. The molecule has 5 heteroatoms. The molecule has 5 nitrogen and oxygen atoms in total. The molecule has 0 saturated carbocycles. The smallest absolute Gasteiger partial charge is 0.303 e. The molecular formula is C8H12O5. The average Bonchev–Trinajstić information content (AvgIpc) is 2.56. The Balaban J connectivity index is 1.98. The fraction of sp³-hybridized carbons (Fsp3) is 0.875. The molecule has 13 heavy (non-hydrogen) atoms. The molecule has 0 aromatic carbocycles. The minimum Gasteiger partial charge on any atom is -0.457 e. The van der Waals surface area contributed by atoms with Gasteiger partial charge in [0.2, 0.25) is 0 Å². The third-order valence-corrected chi connectivity index (χ3v) is 2.30. The first kappa shape index (κ1) is 8.93. The largest absolute Gasteiger partial charge is 0.457 e. The molecule has 0 bridgehead atoms. The first-order chi connectivity index (χ1) is 6.18. The molecule has 2 heterocycles. The van der Waals surface area contributed by atoms with Gasteiger partial charge in [0, 0.05) is 6.92 Å². The van der Waals surface area contributed by atoms with Crippen molar-refractivity contribution >= 4 is 5.97 Å². The van der Waals surface area contributed by atoms with Crippen LogP contribution < -0.4 is 0 Å². The van der Waals surface area contributed by atoms with Crippen LogP contribution in [0.3, 0.4) is 0 Å². The Bertz CT molecular complexity index is 217. The highest BCUT2D eigenvalue weighted by Gasteiger charge is 2.48. The van der Waals surface area contributed by atoms with Crippen LogP contribution >= 0.6 is 0 Å². The Morgan fingerprint density at radius 2 is 2.08 bits per heavy atom. The van der Waals surface area contributed by atoms with E-state index in [2.05, 4.69) is 0 Å². The minimum atomic E-state index is -0.592. The van der Waals surface area contributed by atoms with Gasteiger partial charge in [0.15, 0.2) is 6.10 Å². The second kappa shape index (κ2) is 3.25. The van der Waals surface area contributed by atoms with Crippen LogP contribution in [-0.2, 0) is 19.0 Å². The maximum absolute atomic E-state index is 10.7. The highest BCUT2D eigenvalue weighted by Crippen LogP contribution is 2.28. The Hall–Kier alpha value is -0.650. The molecule has 1 N–H and O–H groups in total. The van der Waals surface area contributed by atoms with E-state index in [1.54, 1.807) is 0 Å². The highest BCUT2D eigenvalue weighted by atomic mass is 16.6. The third-order valence-electron chi connectivity index (χ3n) is 2.30. The van der Waals surface area contributed by atoms with Gasteiger partial charge in [-0.05, 0) is 0 Å². The van der Waals surface area contributed by atoms with Crippen LogP contribution in [0.1, 0.15) is 6.92 Å². The van der Waals surface area contributed by atoms with Crippen LogP contribution in [0.5, 0.6) is 0 Å². The second-order valence-corrected chi connectivity index (χ2v) is 3.31. The Kier molecular flexibility index (Phi) is 2.23. The number of fused-ring (bicyclic) bond motifs is 1. The van der Waals surface area contributed by atoms with Crippen molar-refractivity contribution in [2.45, 2.75) is 31.3 Å². The predicted molar refractivity (Wildman–Crippen MR) is 41.0 cm³/mol. The fourth-order valence-electron chi connectivity index (χ4n) is 1.76. The Labute approximate surface area is 75.6 Å². The number of aliphatic hydroxyl groups is 1. The number of ether oxygens (including phenoxy) is 3. The molecule has 0 aromatic heterocycles. The number of rotatable bonds is 1. The van der Waals surface area contributed by atoms with Gasteiger partial charge >= 0.3 is 5.97 Å². The summed E-state index contributed by atoms with van der Waals surface area (Å²) < 4.78 is 15.5. The fourth-order valence-corrected chi connectivity index (χ4v) is 1.76. The van der Waals surface area contributed by atoms with Crippen molar-refractivity contribution in [1.29, 1.82) is 0 Å². The van der Waals surface area contributed by atoms with Crippen molar-refractivity contribution in [3.63, 3.8) is 0 Å². The lowest BCUT2D eigenvalue weighted by Crippen LogP contribution is -2.33. The predicted octanol–water partition coefficient (Wildman–Crippen LogP) is -0.923. The van der Waals surface area contributed by atoms with Crippen LogP contribution in [0.15, 0.2) is 0 Å². The number of carbonyl (C=O) groups is 1. The van der Waals surface area contributed by atoms with Gasteiger partial charge in [0.25, 0.3) is 0 Å². The van der Waals surface area contributed by atoms with Crippen LogP contribution in [0, 0.1) is 0 Å². The molecule has 2 aliphatic rings. The monoisotopic (exact) mass is 188 g/mol. The highest BCUT2D eigenvalue weighted by molar-refractivity contribution is 5.66. The zero-order valence-electron chi connectivity index (χ0n) is 7.30. The zero-order valence-corrected chi connectivity index (χ0v) is 7.30. The van der Waals surface area contributed by atoms with E-state index >= 15 is 0 Å². The first-order valence-corrected chi connectivity index (χ1v) is 4.27. The summed E-state index contributed by atoms with van der Waals surface area (Å²) in [6.07, 6.45) is -1.58. The van der Waals surface area contributed by atoms with Crippen LogP contribution in [0.2, 0.25) is 0 Å². The van der Waals surface area contributed by atoms with E-state index in [-0.39, 0.29) is 30.9 Å². The molecule has 2 fully saturated rings. The van der Waals surface area contributed by atoms with Crippen molar-refractivity contribution in [1.82, 2.24) is 0 Å². The van der Waals surface area contributed by atoms with E-state index in [0.29, 0.717) is 6.61 Å². The Morgan fingerprint density at radius 1 is 1.38 bits per heavy atom. The van der Waals surface area contributed by atoms with Gasteiger partial charge in [-0.3, -0.25) is 4.79 Å². The van der Waals surface area contributed by atoms with Gasteiger partial charge in [-0.15, -0.1) is 0 Å². The number of carbonyl (C=O) groups excluding carboxylic acids is 1. The molecule has 2 aliphatic heterocycles. The van der Waals surface area contributed by atoms with Gasteiger partial charge in [-0.1, -0.05) is 0 Å². The molecule has 0 spiro atoms. The van der Waals surface area contributed by atoms with Gasteiger partial charge in [0.1, 0.15) is 18.3 Å². The summed E-state index contributed by atoms with van der Waals surface area (Å²) in [5.41, 5.74) is 0. The molecule has 0 aromatic rings. The summed E-state index contributed by atoms with van der Waals surface area (Å²) in [5, 5.41) is 9.36. The summed E-state index contributed by atoms with van der Waals surface area (Å²) in [6, 6.07) is 0. The second-order valence-electron chi connectivity index (χ2n) is 3.31. The summed E-state index contributed by atoms with van der Waals surface area (Å²) in [6.45, 7) is 1.91. The maximum Gasteiger partial charge on any atom is 0.303 e.